The van der Waals surface area contributed by atoms with E-state index in [-0.39, 0.29) is 5.91 Å². The number of anilines is 1. The number of thiophene rings is 1. The normalized spacial score (nSPS) is 10.1. The van der Waals surface area contributed by atoms with E-state index in [9.17, 15) is 9.59 Å². The van der Waals surface area contributed by atoms with Crippen LogP contribution in [0, 0.1) is 0 Å². The number of nitrogens with two attached hydrogens (primary N) is 1. The Kier molecular flexibility index (Phi) is 3.78. The molecule has 0 atom stereocenters. The van der Waals surface area contributed by atoms with Gasteiger partial charge in [-0.2, -0.15) is 0 Å². The second kappa shape index (κ2) is 5.32. The minimum atomic E-state index is -0.553. The summed E-state index contributed by atoms with van der Waals surface area (Å²) >= 11 is 4.56. The number of rotatable bonds is 3. The van der Waals surface area contributed by atoms with Crippen LogP contribution in [0.2, 0.25) is 0 Å². The first-order valence-electron chi connectivity index (χ1n) is 5.02. The molecular weight excluding hydrogens is 316 g/mol. The molecule has 0 saturated carbocycles. The lowest BCUT2D eigenvalue weighted by Crippen LogP contribution is -2.16. The Labute approximate surface area is 116 Å². The number of carbonyl (C=O) groups is 2. The van der Waals surface area contributed by atoms with Gasteiger partial charge in [0.2, 0.25) is 0 Å². The quantitative estimate of drug-likeness (QED) is 0.911. The summed E-state index contributed by atoms with van der Waals surface area (Å²) in [6.07, 6.45) is 0. The summed E-state index contributed by atoms with van der Waals surface area (Å²) in [5.74, 6) is -0.824. The molecule has 0 aliphatic heterocycles. The maximum atomic E-state index is 11.9. The molecule has 0 fully saturated rings. The van der Waals surface area contributed by atoms with Crippen molar-refractivity contribution in [1.29, 1.82) is 0 Å². The van der Waals surface area contributed by atoms with Crippen molar-refractivity contribution < 1.29 is 9.59 Å². The molecular formula is C12H9BrN2O2S. The Bertz CT molecular complexity index is 592. The highest BCUT2D eigenvalue weighted by atomic mass is 79.9. The molecule has 0 bridgehead atoms. The maximum Gasteiger partial charge on any atom is 0.256 e. The van der Waals surface area contributed by atoms with Crippen LogP contribution in [0.1, 0.15) is 20.7 Å². The SMILES string of the molecule is NC(=O)c1ccsc1NC(=O)c1ccc(Br)cc1. The molecule has 2 amide bonds. The van der Waals surface area contributed by atoms with Gasteiger partial charge in [-0.1, -0.05) is 15.9 Å². The van der Waals surface area contributed by atoms with Crippen LogP contribution < -0.4 is 11.1 Å². The monoisotopic (exact) mass is 324 g/mol. The lowest BCUT2D eigenvalue weighted by atomic mass is 10.2. The molecule has 0 aliphatic rings. The molecule has 4 nitrogen and oxygen atoms in total. The predicted octanol–water partition coefficient (Wildman–Crippen LogP) is 2.86. The highest BCUT2D eigenvalue weighted by Gasteiger charge is 2.13. The summed E-state index contributed by atoms with van der Waals surface area (Å²) in [4.78, 5) is 23.0. The van der Waals surface area contributed by atoms with Gasteiger partial charge in [0.05, 0.1) is 5.56 Å². The van der Waals surface area contributed by atoms with E-state index in [4.69, 9.17) is 5.73 Å². The van der Waals surface area contributed by atoms with Crippen LogP contribution in [0.5, 0.6) is 0 Å². The second-order valence-corrected chi connectivity index (χ2v) is 5.32. The molecule has 0 aliphatic carbocycles. The maximum absolute atomic E-state index is 11.9. The molecule has 1 aromatic heterocycles. The molecule has 1 heterocycles. The number of halogens is 1. The first kappa shape index (κ1) is 12.8. The third-order valence-corrected chi connectivity index (χ3v) is 3.62. The predicted molar refractivity (Wildman–Crippen MR) is 74.9 cm³/mol. The van der Waals surface area contributed by atoms with E-state index < -0.39 is 5.91 Å². The molecule has 1 aromatic carbocycles. The van der Waals surface area contributed by atoms with Crippen molar-refractivity contribution in [3.8, 4) is 0 Å². The standard InChI is InChI=1S/C12H9BrN2O2S/c13-8-3-1-7(2-4-8)11(17)15-12-9(10(14)16)5-6-18-12/h1-6H,(H2,14,16)(H,15,17). The smallest absolute Gasteiger partial charge is 0.256 e. The van der Waals surface area contributed by atoms with Gasteiger partial charge in [0, 0.05) is 10.0 Å². The summed E-state index contributed by atoms with van der Waals surface area (Å²) in [6, 6.07) is 8.52. The molecule has 18 heavy (non-hydrogen) atoms. The number of amides is 2. The highest BCUT2D eigenvalue weighted by Crippen LogP contribution is 2.23. The minimum absolute atomic E-state index is 0.271. The minimum Gasteiger partial charge on any atom is -0.366 e. The van der Waals surface area contributed by atoms with Crippen molar-refractivity contribution in [3.63, 3.8) is 0 Å². The number of primary amides is 1. The molecule has 0 unspecified atom stereocenters. The van der Waals surface area contributed by atoms with Crippen molar-refractivity contribution in [2.45, 2.75) is 0 Å². The van der Waals surface area contributed by atoms with Crippen LogP contribution in [0.25, 0.3) is 0 Å². The van der Waals surface area contributed by atoms with E-state index in [2.05, 4.69) is 21.2 Å². The number of benzene rings is 1. The first-order valence-corrected chi connectivity index (χ1v) is 6.69. The number of nitrogens with one attached hydrogen (secondary N) is 1. The molecule has 92 valence electrons. The lowest BCUT2D eigenvalue weighted by molar-refractivity contribution is 0.100. The third kappa shape index (κ3) is 2.77. The van der Waals surface area contributed by atoms with E-state index >= 15 is 0 Å². The van der Waals surface area contributed by atoms with Gasteiger partial charge in [-0.15, -0.1) is 11.3 Å². The van der Waals surface area contributed by atoms with Gasteiger partial charge < -0.3 is 11.1 Å². The molecule has 3 N–H and O–H groups in total. The van der Waals surface area contributed by atoms with Gasteiger partial charge in [-0.05, 0) is 35.7 Å². The van der Waals surface area contributed by atoms with Crippen molar-refractivity contribution >= 4 is 44.1 Å². The Hall–Kier alpha value is -1.66. The number of hydrogen-bond donors (Lipinski definition) is 2. The Balaban J connectivity index is 2.19. The van der Waals surface area contributed by atoms with Crippen LogP contribution in [-0.4, -0.2) is 11.8 Å². The molecule has 6 heteroatoms. The largest absolute Gasteiger partial charge is 0.366 e. The summed E-state index contributed by atoms with van der Waals surface area (Å²) in [5, 5.41) is 4.84. The van der Waals surface area contributed by atoms with Crippen molar-refractivity contribution in [3.05, 3.63) is 51.3 Å². The van der Waals surface area contributed by atoms with Gasteiger partial charge in [0.25, 0.3) is 11.8 Å². The topological polar surface area (TPSA) is 72.2 Å². The molecule has 0 saturated heterocycles. The van der Waals surface area contributed by atoms with Crippen molar-refractivity contribution in [2.75, 3.05) is 5.32 Å². The molecule has 0 spiro atoms. The Morgan fingerprint density at radius 3 is 2.44 bits per heavy atom. The summed E-state index contributed by atoms with van der Waals surface area (Å²) in [7, 11) is 0. The summed E-state index contributed by atoms with van der Waals surface area (Å²) in [6.45, 7) is 0. The van der Waals surface area contributed by atoms with Gasteiger partial charge in [0.15, 0.2) is 0 Å². The zero-order valence-electron chi connectivity index (χ0n) is 9.14. The fourth-order valence-electron chi connectivity index (χ4n) is 1.38. The third-order valence-electron chi connectivity index (χ3n) is 2.26. The lowest BCUT2D eigenvalue weighted by Gasteiger charge is -2.04. The van der Waals surface area contributed by atoms with E-state index in [1.165, 1.54) is 11.3 Å². The van der Waals surface area contributed by atoms with Crippen LogP contribution in [0.3, 0.4) is 0 Å². The average molecular weight is 325 g/mol. The van der Waals surface area contributed by atoms with E-state index in [0.29, 0.717) is 16.1 Å². The van der Waals surface area contributed by atoms with Gasteiger partial charge in [-0.25, -0.2) is 0 Å². The fraction of sp³-hybridized carbons (Fsp3) is 0. The number of carbonyl (C=O) groups excluding carboxylic acids is 2. The van der Waals surface area contributed by atoms with Gasteiger partial charge in [0.1, 0.15) is 5.00 Å². The highest BCUT2D eigenvalue weighted by molar-refractivity contribution is 9.10. The molecule has 2 rings (SSSR count). The zero-order chi connectivity index (χ0) is 13.1. The Morgan fingerprint density at radius 2 is 1.83 bits per heavy atom. The zero-order valence-corrected chi connectivity index (χ0v) is 11.5. The van der Waals surface area contributed by atoms with E-state index in [1.807, 2.05) is 0 Å². The van der Waals surface area contributed by atoms with Crippen LogP contribution in [0.15, 0.2) is 40.2 Å². The molecule has 0 radical (unpaired) electrons. The van der Waals surface area contributed by atoms with E-state index in [0.717, 1.165) is 4.47 Å². The van der Waals surface area contributed by atoms with Crippen LogP contribution >= 0.6 is 27.3 Å². The van der Waals surface area contributed by atoms with Gasteiger partial charge >= 0.3 is 0 Å². The molecule has 2 aromatic rings. The van der Waals surface area contributed by atoms with Gasteiger partial charge in [-0.3, -0.25) is 9.59 Å². The van der Waals surface area contributed by atoms with E-state index in [1.54, 1.807) is 35.7 Å². The van der Waals surface area contributed by atoms with Crippen molar-refractivity contribution in [1.82, 2.24) is 0 Å². The number of hydrogen-bond acceptors (Lipinski definition) is 3. The van der Waals surface area contributed by atoms with Crippen LogP contribution in [-0.2, 0) is 0 Å². The second-order valence-electron chi connectivity index (χ2n) is 3.49. The van der Waals surface area contributed by atoms with Crippen LogP contribution in [0.4, 0.5) is 5.00 Å². The average Bonchev–Trinajstić information content (AvgIpc) is 2.78. The van der Waals surface area contributed by atoms with Crippen molar-refractivity contribution in [2.24, 2.45) is 5.73 Å². The summed E-state index contributed by atoms with van der Waals surface area (Å²) < 4.78 is 0.896. The first-order chi connectivity index (χ1) is 8.58. The fourth-order valence-corrected chi connectivity index (χ4v) is 2.43. The Morgan fingerprint density at radius 1 is 1.17 bits per heavy atom. The summed E-state index contributed by atoms with van der Waals surface area (Å²) in [5.41, 5.74) is 6.04.